The summed E-state index contributed by atoms with van der Waals surface area (Å²) in [6.45, 7) is 0. The summed E-state index contributed by atoms with van der Waals surface area (Å²) in [5.41, 5.74) is 5.78. The summed E-state index contributed by atoms with van der Waals surface area (Å²) in [5, 5.41) is 4.43. The zero-order valence-corrected chi connectivity index (χ0v) is 10.7. The zero-order valence-electron chi connectivity index (χ0n) is 10.7. The predicted molar refractivity (Wildman–Crippen MR) is 75.0 cm³/mol. The fourth-order valence-corrected chi connectivity index (χ4v) is 2.77. The highest BCUT2D eigenvalue weighted by Gasteiger charge is 2.27. The molecular weight excluding hydrogens is 250 g/mol. The Kier molecular flexibility index (Phi) is 2.29. The Morgan fingerprint density at radius 1 is 1.15 bits per heavy atom. The molecule has 20 heavy (non-hydrogen) atoms. The minimum atomic E-state index is 0.514. The van der Waals surface area contributed by atoms with E-state index in [9.17, 15) is 4.79 Å². The SMILES string of the molecule is O=Cc1nn(-c2cccnc2)c2c1Cc1ccccc1-2. The van der Waals surface area contributed by atoms with Gasteiger partial charge in [0.15, 0.2) is 6.29 Å². The maximum Gasteiger partial charge on any atom is 0.170 e. The van der Waals surface area contributed by atoms with E-state index in [1.165, 1.54) is 5.56 Å². The molecule has 0 saturated heterocycles. The number of carbonyl (C=O) groups is 1. The van der Waals surface area contributed by atoms with E-state index in [4.69, 9.17) is 0 Å². The zero-order chi connectivity index (χ0) is 13.5. The Morgan fingerprint density at radius 3 is 2.85 bits per heavy atom. The van der Waals surface area contributed by atoms with E-state index in [-0.39, 0.29) is 0 Å². The number of fused-ring (bicyclic) bond motifs is 3. The number of aldehydes is 1. The summed E-state index contributed by atoms with van der Waals surface area (Å²) in [6.07, 6.45) is 5.07. The first-order valence-corrected chi connectivity index (χ1v) is 6.44. The molecule has 0 aliphatic heterocycles. The van der Waals surface area contributed by atoms with Gasteiger partial charge < -0.3 is 0 Å². The summed E-state index contributed by atoms with van der Waals surface area (Å²) in [6, 6.07) is 12.0. The standard InChI is InChI=1S/C16H11N3O/c20-10-15-14-8-11-4-1-2-6-13(11)16(14)19(18-15)12-5-3-7-17-9-12/h1-7,9-10H,8H2. The lowest BCUT2D eigenvalue weighted by Gasteiger charge is -2.06. The van der Waals surface area contributed by atoms with Gasteiger partial charge in [-0.2, -0.15) is 5.10 Å². The van der Waals surface area contributed by atoms with Crippen LogP contribution in [0.1, 0.15) is 21.6 Å². The van der Waals surface area contributed by atoms with Gasteiger partial charge in [0, 0.05) is 23.7 Å². The van der Waals surface area contributed by atoms with Crippen LogP contribution in [0.25, 0.3) is 16.9 Å². The van der Waals surface area contributed by atoms with E-state index in [0.717, 1.165) is 35.2 Å². The van der Waals surface area contributed by atoms with Crippen LogP contribution in [0.3, 0.4) is 0 Å². The van der Waals surface area contributed by atoms with E-state index < -0.39 is 0 Å². The van der Waals surface area contributed by atoms with Crippen LogP contribution >= 0.6 is 0 Å². The Morgan fingerprint density at radius 2 is 2.05 bits per heavy atom. The Labute approximate surface area is 115 Å². The van der Waals surface area contributed by atoms with E-state index in [1.807, 2.05) is 28.9 Å². The minimum Gasteiger partial charge on any atom is -0.296 e. The van der Waals surface area contributed by atoms with Crippen LogP contribution in [-0.2, 0) is 6.42 Å². The molecule has 0 fully saturated rings. The molecule has 0 radical (unpaired) electrons. The average Bonchev–Trinajstić information content (AvgIpc) is 3.05. The molecule has 4 heteroatoms. The molecule has 96 valence electrons. The van der Waals surface area contributed by atoms with Crippen LogP contribution in [0.5, 0.6) is 0 Å². The predicted octanol–water partition coefficient (Wildman–Crippen LogP) is 2.65. The quantitative estimate of drug-likeness (QED) is 0.521. The van der Waals surface area contributed by atoms with Gasteiger partial charge in [-0.15, -0.1) is 0 Å². The fourth-order valence-electron chi connectivity index (χ4n) is 2.77. The molecule has 0 spiro atoms. The molecule has 1 aliphatic rings. The molecule has 1 aromatic carbocycles. The van der Waals surface area contributed by atoms with Crippen molar-refractivity contribution in [1.29, 1.82) is 0 Å². The van der Waals surface area contributed by atoms with Crippen molar-refractivity contribution in [2.45, 2.75) is 6.42 Å². The van der Waals surface area contributed by atoms with Gasteiger partial charge in [0.1, 0.15) is 5.69 Å². The second kappa shape index (κ2) is 4.13. The molecule has 4 rings (SSSR count). The lowest BCUT2D eigenvalue weighted by atomic mass is 10.1. The van der Waals surface area contributed by atoms with Crippen molar-refractivity contribution in [2.24, 2.45) is 0 Å². The number of benzene rings is 1. The van der Waals surface area contributed by atoms with E-state index in [0.29, 0.717) is 5.69 Å². The van der Waals surface area contributed by atoms with Gasteiger partial charge >= 0.3 is 0 Å². The van der Waals surface area contributed by atoms with E-state index in [2.05, 4.69) is 22.2 Å². The van der Waals surface area contributed by atoms with Crippen LogP contribution in [0.4, 0.5) is 0 Å². The maximum absolute atomic E-state index is 11.3. The second-order valence-electron chi connectivity index (χ2n) is 4.79. The number of carbonyl (C=O) groups excluding carboxylic acids is 1. The Balaban J connectivity index is 2.02. The average molecular weight is 261 g/mol. The first-order valence-electron chi connectivity index (χ1n) is 6.44. The Hall–Kier alpha value is -2.75. The van der Waals surface area contributed by atoms with Crippen LogP contribution in [-0.4, -0.2) is 21.1 Å². The van der Waals surface area contributed by atoms with Crippen molar-refractivity contribution >= 4 is 6.29 Å². The molecule has 2 aromatic heterocycles. The normalized spacial score (nSPS) is 12.0. The Bertz CT molecular complexity index is 806. The summed E-state index contributed by atoms with van der Waals surface area (Å²) in [5.74, 6) is 0. The van der Waals surface area contributed by atoms with E-state index >= 15 is 0 Å². The fraction of sp³-hybridized carbons (Fsp3) is 0.0625. The van der Waals surface area contributed by atoms with Gasteiger partial charge in [-0.05, 0) is 17.7 Å². The smallest absolute Gasteiger partial charge is 0.170 e. The third-order valence-corrected chi connectivity index (χ3v) is 3.66. The monoisotopic (exact) mass is 261 g/mol. The highest BCUT2D eigenvalue weighted by Crippen LogP contribution is 2.38. The molecule has 0 saturated carbocycles. The number of pyridine rings is 1. The number of rotatable bonds is 2. The molecule has 0 N–H and O–H groups in total. The van der Waals surface area contributed by atoms with Crippen molar-refractivity contribution < 1.29 is 4.79 Å². The number of aromatic nitrogens is 3. The van der Waals surface area contributed by atoms with Crippen LogP contribution in [0.2, 0.25) is 0 Å². The van der Waals surface area contributed by atoms with Gasteiger partial charge in [-0.1, -0.05) is 24.3 Å². The van der Waals surface area contributed by atoms with Gasteiger partial charge in [0.2, 0.25) is 0 Å². The summed E-state index contributed by atoms with van der Waals surface area (Å²) >= 11 is 0. The molecule has 1 aliphatic carbocycles. The maximum atomic E-state index is 11.3. The van der Waals surface area contributed by atoms with Crippen molar-refractivity contribution in [3.63, 3.8) is 0 Å². The molecule has 3 aromatic rings. The van der Waals surface area contributed by atoms with Gasteiger partial charge in [-0.3, -0.25) is 9.78 Å². The molecule has 0 atom stereocenters. The first kappa shape index (κ1) is 11.1. The molecular formula is C16H11N3O. The number of hydrogen-bond acceptors (Lipinski definition) is 3. The largest absolute Gasteiger partial charge is 0.296 e. The van der Waals surface area contributed by atoms with Crippen LogP contribution in [0, 0.1) is 0 Å². The van der Waals surface area contributed by atoms with Crippen molar-refractivity contribution in [3.05, 3.63) is 65.6 Å². The third-order valence-electron chi connectivity index (χ3n) is 3.66. The molecule has 0 unspecified atom stereocenters. The molecule has 0 bridgehead atoms. The number of nitrogens with zero attached hydrogens (tertiary/aromatic N) is 3. The topological polar surface area (TPSA) is 47.8 Å². The van der Waals surface area contributed by atoms with Gasteiger partial charge in [-0.25, -0.2) is 4.68 Å². The van der Waals surface area contributed by atoms with Gasteiger partial charge in [0.05, 0.1) is 17.6 Å². The molecule has 2 heterocycles. The summed E-state index contributed by atoms with van der Waals surface area (Å²) in [7, 11) is 0. The lowest BCUT2D eigenvalue weighted by molar-refractivity contribution is 0.111. The number of hydrogen-bond donors (Lipinski definition) is 0. The van der Waals surface area contributed by atoms with Crippen molar-refractivity contribution in [1.82, 2.24) is 14.8 Å². The van der Waals surface area contributed by atoms with Crippen molar-refractivity contribution in [3.8, 4) is 16.9 Å². The minimum absolute atomic E-state index is 0.514. The lowest BCUT2D eigenvalue weighted by Crippen LogP contribution is -2.00. The van der Waals surface area contributed by atoms with Crippen LogP contribution < -0.4 is 0 Å². The van der Waals surface area contributed by atoms with Crippen molar-refractivity contribution in [2.75, 3.05) is 0 Å². The van der Waals surface area contributed by atoms with Gasteiger partial charge in [0.25, 0.3) is 0 Å². The van der Waals surface area contributed by atoms with E-state index in [1.54, 1.807) is 12.4 Å². The highest BCUT2D eigenvalue weighted by atomic mass is 16.1. The molecule has 4 nitrogen and oxygen atoms in total. The molecule has 0 amide bonds. The third kappa shape index (κ3) is 1.45. The summed E-state index contributed by atoms with van der Waals surface area (Å²) in [4.78, 5) is 15.4. The second-order valence-corrected chi connectivity index (χ2v) is 4.79. The van der Waals surface area contributed by atoms with Crippen LogP contribution in [0.15, 0.2) is 48.8 Å². The highest BCUT2D eigenvalue weighted by molar-refractivity contribution is 5.85. The summed E-state index contributed by atoms with van der Waals surface area (Å²) < 4.78 is 1.82. The first-order chi connectivity index (χ1) is 9.88.